The van der Waals surface area contributed by atoms with Crippen molar-refractivity contribution < 1.29 is 14.3 Å². The normalized spacial score (nSPS) is 10.1. The van der Waals surface area contributed by atoms with Gasteiger partial charge >= 0.3 is 0 Å². The minimum absolute atomic E-state index is 0.0359. The first-order valence-electron chi connectivity index (χ1n) is 7.86. The van der Waals surface area contributed by atoms with Gasteiger partial charge in [0, 0.05) is 25.0 Å². The van der Waals surface area contributed by atoms with E-state index in [1.54, 1.807) is 48.5 Å². The van der Waals surface area contributed by atoms with E-state index in [4.69, 9.17) is 9.47 Å². The molecule has 0 spiro atoms. The van der Waals surface area contributed by atoms with Crippen molar-refractivity contribution in [3.63, 3.8) is 0 Å². The minimum Gasteiger partial charge on any atom is -0.484 e. The topological polar surface area (TPSA) is 51.7 Å². The second-order valence-electron chi connectivity index (χ2n) is 5.32. The Morgan fingerprint density at radius 3 is 2.28 bits per heavy atom. The molecule has 0 aliphatic heterocycles. The molecule has 0 bridgehead atoms. The molecular weight excluding hydrogens is 316 g/mol. The van der Waals surface area contributed by atoms with E-state index in [-0.39, 0.29) is 12.5 Å². The van der Waals surface area contributed by atoms with Gasteiger partial charge in [0.25, 0.3) is 5.91 Å². The number of amides is 1. The van der Waals surface area contributed by atoms with Crippen LogP contribution in [0.3, 0.4) is 0 Å². The summed E-state index contributed by atoms with van der Waals surface area (Å²) in [5, 5.41) is 0. The zero-order valence-electron chi connectivity index (χ0n) is 13.8. The fraction of sp³-hybridized carbons (Fsp3) is 0.100. The monoisotopic (exact) mass is 334 g/mol. The first-order valence-corrected chi connectivity index (χ1v) is 7.86. The van der Waals surface area contributed by atoms with Crippen molar-refractivity contribution in [2.24, 2.45) is 0 Å². The van der Waals surface area contributed by atoms with Crippen LogP contribution >= 0.6 is 0 Å². The van der Waals surface area contributed by atoms with E-state index < -0.39 is 0 Å². The standard InChI is InChI=1S/C20H18N2O3/c1-22(16-7-3-2-4-8-16)20(23)15-24-17-10-12-18(13-11-17)25-19-9-5-6-14-21-19/h2-14H,15H2,1H3. The molecule has 126 valence electrons. The molecule has 2 aromatic carbocycles. The SMILES string of the molecule is CN(C(=O)COc1ccc(Oc2ccccn2)cc1)c1ccccc1. The maximum atomic E-state index is 12.2. The van der Waals surface area contributed by atoms with Crippen LogP contribution in [0.2, 0.25) is 0 Å². The average Bonchev–Trinajstić information content (AvgIpc) is 2.68. The van der Waals surface area contributed by atoms with Gasteiger partial charge in [-0.3, -0.25) is 4.79 Å². The van der Waals surface area contributed by atoms with E-state index in [2.05, 4.69) is 4.98 Å². The van der Waals surface area contributed by atoms with Crippen molar-refractivity contribution in [2.75, 3.05) is 18.6 Å². The van der Waals surface area contributed by atoms with E-state index in [1.165, 1.54) is 0 Å². The number of ether oxygens (including phenoxy) is 2. The summed E-state index contributed by atoms with van der Waals surface area (Å²) in [5.41, 5.74) is 0.829. The number of nitrogens with zero attached hydrogens (tertiary/aromatic N) is 2. The highest BCUT2D eigenvalue weighted by atomic mass is 16.5. The van der Waals surface area contributed by atoms with Gasteiger partial charge < -0.3 is 14.4 Å². The number of rotatable bonds is 6. The number of benzene rings is 2. The lowest BCUT2D eigenvalue weighted by molar-refractivity contribution is -0.120. The highest BCUT2D eigenvalue weighted by Crippen LogP contribution is 2.22. The molecule has 25 heavy (non-hydrogen) atoms. The Labute approximate surface area is 146 Å². The predicted molar refractivity (Wildman–Crippen MR) is 96.1 cm³/mol. The van der Waals surface area contributed by atoms with Gasteiger partial charge in [0.15, 0.2) is 6.61 Å². The number of carbonyl (C=O) groups is 1. The van der Waals surface area contributed by atoms with Gasteiger partial charge in [-0.05, 0) is 42.5 Å². The number of hydrogen-bond donors (Lipinski definition) is 0. The summed E-state index contributed by atoms with van der Waals surface area (Å²) in [7, 11) is 1.73. The van der Waals surface area contributed by atoms with Crippen molar-refractivity contribution in [3.8, 4) is 17.4 Å². The number of aromatic nitrogens is 1. The summed E-state index contributed by atoms with van der Waals surface area (Å²) >= 11 is 0. The van der Waals surface area contributed by atoms with Gasteiger partial charge in [-0.1, -0.05) is 24.3 Å². The largest absolute Gasteiger partial charge is 0.484 e. The Morgan fingerprint density at radius 1 is 0.920 bits per heavy atom. The van der Waals surface area contributed by atoms with Crippen LogP contribution in [0.25, 0.3) is 0 Å². The van der Waals surface area contributed by atoms with E-state index >= 15 is 0 Å². The molecule has 0 fully saturated rings. The Bertz CT molecular complexity index is 805. The Kier molecular flexibility index (Phi) is 5.26. The summed E-state index contributed by atoms with van der Waals surface area (Å²) in [4.78, 5) is 17.9. The van der Waals surface area contributed by atoms with Crippen LogP contribution < -0.4 is 14.4 Å². The van der Waals surface area contributed by atoms with Crippen LogP contribution in [0.1, 0.15) is 0 Å². The summed E-state index contributed by atoms with van der Waals surface area (Å²) in [6.07, 6.45) is 1.67. The van der Waals surface area contributed by atoms with Crippen LogP contribution in [-0.2, 0) is 4.79 Å². The van der Waals surface area contributed by atoms with Gasteiger partial charge in [0.2, 0.25) is 5.88 Å². The number of pyridine rings is 1. The average molecular weight is 334 g/mol. The van der Waals surface area contributed by atoms with E-state index in [0.717, 1.165) is 5.69 Å². The molecule has 0 aliphatic carbocycles. The Hall–Kier alpha value is -3.34. The smallest absolute Gasteiger partial charge is 0.264 e. The van der Waals surface area contributed by atoms with Gasteiger partial charge in [0.1, 0.15) is 11.5 Å². The first kappa shape index (κ1) is 16.5. The van der Waals surface area contributed by atoms with Crippen LogP contribution in [0, 0.1) is 0 Å². The second-order valence-corrected chi connectivity index (χ2v) is 5.32. The molecule has 0 radical (unpaired) electrons. The third-order valence-corrected chi connectivity index (χ3v) is 3.56. The Balaban J connectivity index is 1.54. The van der Waals surface area contributed by atoms with Crippen molar-refractivity contribution in [2.45, 2.75) is 0 Å². The molecule has 5 nitrogen and oxygen atoms in total. The maximum absolute atomic E-state index is 12.2. The molecular formula is C20H18N2O3. The van der Waals surface area contributed by atoms with Crippen molar-refractivity contribution in [1.29, 1.82) is 0 Å². The van der Waals surface area contributed by atoms with Gasteiger partial charge in [-0.15, -0.1) is 0 Å². The third kappa shape index (κ3) is 4.57. The van der Waals surface area contributed by atoms with Gasteiger partial charge in [-0.2, -0.15) is 0 Å². The first-order chi connectivity index (χ1) is 12.2. The van der Waals surface area contributed by atoms with Gasteiger partial charge in [-0.25, -0.2) is 4.98 Å². The summed E-state index contributed by atoms with van der Waals surface area (Å²) in [5.74, 6) is 1.65. The lowest BCUT2D eigenvalue weighted by Crippen LogP contribution is -2.31. The highest BCUT2D eigenvalue weighted by Gasteiger charge is 2.11. The number of anilines is 1. The van der Waals surface area contributed by atoms with Gasteiger partial charge in [0.05, 0.1) is 0 Å². The fourth-order valence-corrected chi connectivity index (χ4v) is 2.17. The zero-order valence-corrected chi connectivity index (χ0v) is 13.8. The van der Waals surface area contributed by atoms with Crippen molar-refractivity contribution in [3.05, 3.63) is 79.0 Å². The second kappa shape index (κ2) is 7.97. The molecule has 1 aromatic heterocycles. The number of likely N-dealkylation sites (N-methyl/N-ethyl adjacent to an activating group) is 1. The van der Waals surface area contributed by atoms with Crippen LogP contribution in [0.15, 0.2) is 79.0 Å². The molecule has 3 aromatic rings. The molecule has 1 heterocycles. The molecule has 1 amide bonds. The van der Waals surface area contributed by atoms with Crippen molar-refractivity contribution >= 4 is 11.6 Å². The van der Waals surface area contributed by atoms with Crippen LogP contribution in [0.4, 0.5) is 5.69 Å². The third-order valence-electron chi connectivity index (χ3n) is 3.56. The maximum Gasteiger partial charge on any atom is 0.264 e. The molecule has 0 aliphatic rings. The Morgan fingerprint density at radius 2 is 1.60 bits per heavy atom. The lowest BCUT2D eigenvalue weighted by Gasteiger charge is -2.17. The lowest BCUT2D eigenvalue weighted by atomic mass is 10.3. The van der Waals surface area contributed by atoms with Crippen LogP contribution in [-0.4, -0.2) is 24.5 Å². The quantitative estimate of drug-likeness (QED) is 0.686. The number of carbonyl (C=O) groups excluding carboxylic acids is 1. The van der Waals surface area contributed by atoms with E-state index in [0.29, 0.717) is 17.4 Å². The highest BCUT2D eigenvalue weighted by molar-refractivity contribution is 5.93. The molecule has 3 rings (SSSR count). The summed E-state index contributed by atoms with van der Waals surface area (Å²) in [6.45, 7) is -0.0359. The van der Waals surface area contributed by atoms with Crippen LogP contribution in [0.5, 0.6) is 17.4 Å². The summed E-state index contributed by atoms with van der Waals surface area (Å²) < 4.78 is 11.2. The molecule has 5 heteroatoms. The van der Waals surface area contributed by atoms with E-state index in [1.807, 2.05) is 42.5 Å². The van der Waals surface area contributed by atoms with E-state index in [9.17, 15) is 4.79 Å². The zero-order chi connectivity index (χ0) is 17.5. The predicted octanol–water partition coefficient (Wildman–Crippen LogP) is 3.92. The molecule has 0 saturated heterocycles. The number of para-hydroxylation sites is 1. The molecule has 0 unspecified atom stereocenters. The molecule has 0 atom stereocenters. The fourth-order valence-electron chi connectivity index (χ4n) is 2.17. The minimum atomic E-state index is -0.125. The molecule has 0 N–H and O–H groups in total. The van der Waals surface area contributed by atoms with Crippen molar-refractivity contribution in [1.82, 2.24) is 4.98 Å². The molecule has 0 saturated carbocycles. The summed E-state index contributed by atoms with van der Waals surface area (Å²) in [6, 6.07) is 22.0. The number of hydrogen-bond acceptors (Lipinski definition) is 4.